The molecule has 0 unspecified atom stereocenters. The Balaban J connectivity index is 2.35. The second-order valence-corrected chi connectivity index (χ2v) is 3.98. The first-order chi connectivity index (χ1) is 7.76. The number of nitrogens with zero attached hydrogens (tertiary/aromatic N) is 4. The van der Waals surface area contributed by atoms with Crippen molar-refractivity contribution >= 4 is 11.0 Å². The zero-order chi connectivity index (χ0) is 11.5. The van der Waals surface area contributed by atoms with Gasteiger partial charge in [-0.3, -0.25) is 4.90 Å². The Morgan fingerprint density at radius 2 is 2.00 bits per heavy atom. The molecule has 0 spiro atoms. The van der Waals surface area contributed by atoms with Crippen molar-refractivity contribution in [2.24, 2.45) is 0 Å². The summed E-state index contributed by atoms with van der Waals surface area (Å²) < 4.78 is 1.97. The topological polar surface area (TPSA) is 34.0 Å². The maximum absolute atomic E-state index is 4.23. The normalized spacial score (nSPS) is 11.5. The van der Waals surface area contributed by atoms with E-state index in [1.54, 1.807) is 0 Å². The van der Waals surface area contributed by atoms with Crippen molar-refractivity contribution in [2.45, 2.75) is 27.4 Å². The van der Waals surface area contributed by atoms with E-state index in [-0.39, 0.29) is 0 Å². The molecule has 0 fully saturated rings. The van der Waals surface area contributed by atoms with Crippen LogP contribution in [0.3, 0.4) is 0 Å². The fourth-order valence-corrected chi connectivity index (χ4v) is 1.85. The van der Waals surface area contributed by atoms with Crippen LogP contribution in [0.15, 0.2) is 18.2 Å². The first-order valence-electron chi connectivity index (χ1n) is 5.77. The fourth-order valence-electron chi connectivity index (χ4n) is 1.85. The second-order valence-electron chi connectivity index (χ2n) is 3.98. The van der Waals surface area contributed by atoms with Crippen LogP contribution < -0.4 is 0 Å². The molecule has 16 heavy (non-hydrogen) atoms. The quantitative estimate of drug-likeness (QED) is 0.787. The predicted molar refractivity (Wildman–Crippen MR) is 65.2 cm³/mol. The number of hydrogen-bond donors (Lipinski definition) is 0. The molecule has 0 N–H and O–H groups in total. The summed E-state index contributed by atoms with van der Waals surface area (Å²) in [4.78, 5) is 2.32. The Morgan fingerprint density at radius 3 is 2.69 bits per heavy atom. The lowest BCUT2D eigenvalue weighted by atomic mass is 10.2. The van der Waals surface area contributed by atoms with Crippen LogP contribution in [0.1, 0.15) is 19.4 Å². The van der Waals surface area contributed by atoms with Crippen molar-refractivity contribution in [2.75, 3.05) is 13.1 Å². The van der Waals surface area contributed by atoms with Gasteiger partial charge in [-0.1, -0.05) is 31.2 Å². The number of aromatic nitrogens is 3. The molecule has 86 valence electrons. The summed E-state index contributed by atoms with van der Waals surface area (Å²) in [6.45, 7) is 9.26. The van der Waals surface area contributed by atoms with Crippen LogP contribution in [0.5, 0.6) is 0 Å². The number of rotatable bonds is 4. The average Bonchev–Trinajstić information content (AvgIpc) is 2.71. The maximum Gasteiger partial charge on any atom is 0.116 e. The van der Waals surface area contributed by atoms with Gasteiger partial charge in [0.1, 0.15) is 5.52 Å². The standard InChI is InChI=1S/C12H18N4/c1-4-15(5-2)9-16-11-8-6-7-10(3)12(11)13-14-16/h6-8H,4-5,9H2,1-3H3. The summed E-state index contributed by atoms with van der Waals surface area (Å²) in [5, 5.41) is 8.44. The van der Waals surface area contributed by atoms with Crippen molar-refractivity contribution < 1.29 is 0 Å². The molecule has 4 nitrogen and oxygen atoms in total. The summed E-state index contributed by atoms with van der Waals surface area (Å²) in [6.07, 6.45) is 0. The van der Waals surface area contributed by atoms with Gasteiger partial charge in [-0.25, -0.2) is 4.68 Å². The van der Waals surface area contributed by atoms with E-state index in [0.29, 0.717) is 0 Å². The molecule has 0 saturated carbocycles. The lowest BCUT2D eigenvalue weighted by molar-refractivity contribution is 0.231. The summed E-state index contributed by atoms with van der Waals surface area (Å²) in [7, 11) is 0. The van der Waals surface area contributed by atoms with Gasteiger partial charge in [0.15, 0.2) is 0 Å². The van der Waals surface area contributed by atoms with Gasteiger partial charge in [-0.05, 0) is 31.6 Å². The van der Waals surface area contributed by atoms with Crippen molar-refractivity contribution in [1.29, 1.82) is 0 Å². The number of benzene rings is 1. The van der Waals surface area contributed by atoms with E-state index in [0.717, 1.165) is 30.8 Å². The van der Waals surface area contributed by atoms with Crippen molar-refractivity contribution in [3.05, 3.63) is 23.8 Å². The highest BCUT2D eigenvalue weighted by Crippen LogP contribution is 2.15. The molecule has 2 rings (SSSR count). The zero-order valence-electron chi connectivity index (χ0n) is 10.1. The third-order valence-corrected chi connectivity index (χ3v) is 2.98. The van der Waals surface area contributed by atoms with E-state index in [9.17, 15) is 0 Å². The van der Waals surface area contributed by atoms with Gasteiger partial charge in [0.2, 0.25) is 0 Å². The molecule has 0 amide bonds. The van der Waals surface area contributed by atoms with Gasteiger partial charge in [-0.15, -0.1) is 5.10 Å². The fraction of sp³-hybridized carbons (Fsp3) is 0.500. The molecule has 0 saturated heterocycles. The van der Waals surface area contributed by atoms with Crippen LogP contribution in [0.4, 0.5) is 0 Å². The zero-order valence-corrected chi connectivity index (χ0v) is 10.1. The molecule has 1 aromatic heterocycles. The highest BCUT2D eigenvalue weighted by atomic mass is 15.5. The Kier molecular flexibility index (Phi) is 3.19. The number of aryl methyl sites for hydroxylation is 1. The van der Waals surface area contributed by atoms with Crippen molar-refractivity contribution in [3.8, 4) is 0 Å². The largest absolute Gasteiger partial charge is 0.285 e. The van der Waals surface area contributed by atoms with Crippen LogP contribution in [-0.4, -0.2) is 33.0 Å². The Bertz CT molecular complexity index is 471. The maximum atomic E-state index is 4.23. The minimum Gasteiger partial charge on any atom is -0.285 e. The lowest BCUT2D eigenvalue weighted by Crippen LogP contribution is -2.26. The van der Waals surface area contributed by atoms with Gasteiger partial charge in [-0.2, -0.15) is 0 Å². The molecular weight excluding hydrogens is 200 g/mol. The van der Waals surface area contributed by atoms with E-state index in [2.05, 4.69) is 54.2 Å². The minimum atomic E-state index is 0.812. The Hall–Kier alpha value is -1.42. The molecular formula is C12H18N4. The molecule has 0 bridgehead atoms. The summed E-state index contributed by atoms with van der Waals surface area (Å²) in [6, 6.07) is 6.20. The van der Waals surface area contributed by atoms with Crippen molar-refractivity contribution in [1.82, 2.24) is 19.9 Å². The van der Waals surface area contributed by atoms with E-state index in [4.69, 9.17) is 0 Å². The van der Waals surface area contributed by atoms with E-state index in [1.165, 1.54) is 5.56 Å². The molecule has 0 atom stereocenters. The third-order valence-electron chi connectivity index (χ3n) is 2.98. The lowest BCUT2D eigenvalue weighted by Gasteiger charge is -2.17. The molecule has 4 heteroatoms. The van der Waals surface area contributed by atoms with Crippen LogP contribution >= 0.6 is 0 Å². The molecule has 0 aliphatic carbocycles. The summed E-state index contributed by atoms with van der Waals surface area (Å²) >= 11 is 0. The van der Waals surface area contributed by atoms with E-state index in [1.807, 2.05) is 4.68 Å². The smallest absolute Gasteiger partial charge is 0.116 e. The van der Waals surface area contributed by atoms with Crippen LogP contribution in [0, 0.1) is 6.92 Å². The Morgan fingerprint density at radius 1 is 1.25 bits per heavy atom. The molecule has 1 heterocycles. The van der Waals surface area contributed by atoms with Gasteiger partial charge in [0.25, 0.3) is 0 Å². The SMILES string of the molecule is CCN(CC)Cn1nnc2c(C)cccc21. The average molecular weight is 218 g/mol. The predicted octanol–water partition coefficient (Wildman–Crippen LogP) is 2.04. The summed E-state index contributed by atoms with van der Waals surface area (Å²) in [5.74, 6) is 0. The molecule has 0 aliphatic heterocycles. The van der Waals surface area contributed by atoms with Gasteiger partial charge in [0, 0.05) is 0 Å². The van der Waals surface area contributed by atoms with Gasteiger partial charge >= 0.3 is 0 Å². The van der Waals surface area contributed by atoms with Gasteiger partial charge < -0.3 is 0 Å². The van der Waals surface area contributed by atoms with Crippen LogP contribution in [0.25, 0.3) is 11.0 Å². The van der Waals surface area contributed by atoms with E-state index >= 15 is 0 Å². The second kappa shape index (κ2) is 4.61. The molecule has 0 aliphatic rings. The third kappa shape index (κ3) is 1.93. The number of fused-ring (bicyclic) bond motifs is 1. The Labute approximate surface area is 95.9 Å². The van der Waals surface area contributed by atoms with Crippen LogP contribution in [0.2, 0.25) is 0 Å². The van der Waals surface area contributed by atoms with Crippen LogP contribution in [-0.2, 0) is 6.67 Å². The summed E-state index contributed by atoms with van der Waals surface area (Å²) in [5.41, 5.74) is 3.31. The molecule has 1 aromatic carbocycles. The monoisotopic (exact) mass is 218 g/mol. The minimum absolute atomic E-state index is 0.812. The number of hydrogen-bond acceptors (Lipinski definition) is 3. The van der Waals surface area contributed by atoms with Crippen molar-refractivity contribution in [3.63, 3.8) is 0 Å². The molecule has 0 radical (unpaired) electrons. The first-order valence-corrected chi connectivity index (χ1v) is 5.77. The highest BCUT2D eigenvalue weighted by Gasteiger charge is 2.08. The van der Waals surface area contributed by atoms with E-state index < -0.39 is 0 Å². The first kappa shape index (κ1) is 11.1. The highest BCUT2D eigenvalue weighted by molar-refractivity contribution is 5.77. The molecule has 2 aromatic rings. The van der Waals surface area contributed by atoms with Gasteiger partial charge in [0.05, 0.1) is 12.2 Å².